The molecule has 0 aromatic heterocycles. The Hall–Kier alpha value is -1.15. The molecule has 0 aliphatic heterocycles. The Kier molecular flexibility index (Phi) is 4.33. The molecule has 0 fully saturated rings. The van der Waals surface area contributed by atoms with Gasteiger partial charge in [0.05, 0.1) is 4.83 Å². The van der Waals surface area contributed by atoms with E-state index in [9.17, 15) is 4.39 Å². The van der Waals surface area contributed by atoms with Gasteiger partial charge in [-0.2, -0.15) is 0 Å². The maximum Gasteiger partial charge on any atom is 0.123 e. The molecule has 106 valence electrons. The lowest BCUT2D eigenvalue weighted by atomic mass is 9.87. The minimum Gasteiger partial charge on any atom is -0.207 e. The van der Waals surface area contributed by atoms with E-state index in [4.69, 9.17) is 0 Å². The normalized spacial score (nSPS) is 12.6. The molecular formula is C18H20BrF. The molecule has 0 N–H and O–H groups in total. The van der Waals surface area contributed by atoms with Crippen LogP contribution in [0, 0.1) is 40.4 Å². The average molecular weight is 335 g/mol. The maximum absolute atomic E-state index is 13.1. The second kappa shape index (κ2) is 5.69. The fourth-order valence-corrected chi connectivity index (χ4v) is 3.70. The highest BCUT2D eigenvalue weighted by atomic mass is 79.9. The molecule has 0 aliphatic rings. The van der Waals surface area contributed by atoms with E-state index in [0.717, 1.165) is 5.56 Å². The van der Waals surface area contributed by atoms with Crippen molar-refractivity contribution in [3.8, 4) is 0 Å². The van der Waals surface area contributed by atoms with Crippen molar-refractivity contribution in [2.75, 3.05) is 0 Å². The lowest BCUT2D eigenvalue weighted by Crippen LogP contribution is -2.05. The lowest BCUT2D eigenvalue weighted by molar-refractivity contribution is 0.627. The summed E-state index contributed by atoms with van der Waals surface area (Å²) in [5.41, 5.74) is 9.07. The lowest BCUT2D eigenvalue weighted by Gasteiger charge is -2.22. The van der Waals surface area contributed by atoms with E-state index in [1.54, 1.807) is 0 Å². The van der Waals surface area contributed by atoms with Gasteiger partial charge in [0.25, 0.3) is 0 Å². The predicted molar refractivity (Wildman–Crippen MR) is 87.3 cm³/mol. The molecule has 0 radical (unpaired) electrons. The number of halogens is 2. The zero-order valence-electron chi connectivity index (χ0n) is 12.6. The van der Waals surface area contributed by atoms with Crippen LogP contribution >= 0.6 is 15.9 Å². The fourth-order valence-electron chi connectivity index (χ4n) is 2.71. The first-order valence-corrected chi connectivity index (χ1v) is 7.72. The highest BCUT2D eigenvalue weighted by molar-refractivity contribution is 9.09. The Balaban J connectivity index is 2.60. The van der Waals surface area contributed by atoms with Gasteiger partial charge in [-0.1, -0.05) is 28.1 Å². The molecule has 2 heteroatoms. The standard InChI is InChI=1S/C18H20BrF/c1-10-11(2)13(4)17(14(5)12(10)3)18(19)15-6-8-16(20)9-7-15/h6-9,18H,1-5H3. The summed E-state index contributed by atoms with van der Waals surface area (Å²) in [6.45, 7) is 10.9. The number of hydrogen-bond acceptors (Lipinski definition) is 0. The van der Waals surface area contributed by atoms with Gasteiger partial charge in [0.15, 0.2) is 0 Å². The highest BCUT2D eigenvalue weighted by Gasteiger charge is 2.19. The number of benzene rings is 2. The molecule has 2 aromatic rings. The van der Waals surface area contributed by atoms with Gasteiger partial charge in [0, 0.05) is 0 Å². The Morgan fingerprint density at radius 1 is 0.750 bits per heavy atom. The van der Waals surface area contributed by atoms with Gasteiger partial charge in [-0.3, -0.25) is 0 Å². The van der Waals surface area contributed by atoms with E-state index in [1.165, 1.54) is 45.5 Å². The van der Waals surface area contributed by atoms with Crippen molar-refractivity contribution in [3.05, 3.63) is 69.0 Å². The quantitative estimate of drug-likeness (QED) is 0.604. The summed E-state index contributed by atoms with van der Waals surface area (Å²) in [5.74, 6) is -0.196. The van der Waals surface area contributed by atoms with Gasteiger partial charge in [-0.05, 0) is 85.7 Å². The van der Waals surface area contributed by atoms with Gasteiger partial charge < -0.3 is 0 Å². The average Bonchev–Trinajstić information content (AvgIpc) is 2.44. The van der Waals surface area contributed by atoms with E-state index >= 15 is 0 Å². The van der Waals surface area contributed by atoms with E-state index < -0.39 is 0 Å². The third-order valence-corrected chi connectivity index (χ3v) is 5.46. The molecule has 0 saturated carbocycles. The van der Waals surface area contributed by atoms with E-state index in [-0.39, 0.29) is 10.6 Å². The smallest absolute Gasteiger partial charge is 0.123 e. The van der Waals surface area contributed by atoms with Crippen LogP contribution in [0.25, 0.3) is 0 Å². The van der Waals surface area contributed by atoms with Crippen LogP contribution in [0.4, 0.5) is 4.39 Å². The zero-order valence-corrected chi connectivity index (χ0v) is 14.2. The largest absolute Gasteiger partial charge is 0.207 e. The van der Waals surface area contributed by atoms with Gasteiger partial charge in [0.2, 0.25) is 0 Å². The highest BCUT2D eigenvalue weighted by Crippen LogP contribution is 2.38. The Morgan fingerprint density at radius 2 is 1.15 bits per heavy atom. The van der Waals surface area contributed by atoms with Gasteiger partial charge in [-0.15, -0.1) is 0 Å². The molecule has 0 nitrogen and oxygen atoms in total. The van der Waals surface area contributed by atoms with Gasteiger partial charge in [0.1, 0.15) is 5.82 Å². The second-order valence-corrected chi connectivity index (χ2v) is 6.37. The van der Waals surface area contributed by atoms with Crippen LogP contribution < -0.4 is 0 Å². The number of rotatable bonds is 2. The first-order valence-electron chi connectivity index (χ1n) is 6.81. The van der Waals surface area contributed by atoms with Gasteiger partial charge >= 0.3 is 0 Å². The first kappa shape index (κ1) is 15.2. The second-order valence-electron chi connectivity index (χ2n) is 5.45. The van der Waals surface area contributed by atoms with E-state index in [1.807, 2.05) is 12.1 Å². The molecular weight excluding hydrogens is 315 g/mol. The van der Waals surface area contributed by atoms with Crippen molar-refractivity contribution in [3.63, 3.8) is 0 Å². The topological polar surface area (TPSA) is 0 Å². The third kappa shape index (κ3) is 2.54. The predicted octanol–water partition coefficient (Wildman–Crippen LogP) is 5.85. The molecule has 0 spiro atoms. The summed E-state index contributed by atoms with van der Waals surface area (Å²) < 4.78 is 13.1. The van der Waals surface area contributed by atoms with E-state index in [2.05, 4.69) is 50.5 Å². The molecule has 20 heavy (non-hydrogen) atoms. The van der Waals surface area contributed by atoms with Crippen LogP contribution in [-0.4, -0.2) is 0 Å². The SMILES string of the molecule is Cc1c(C)c(C)c(C(Br)c2ccc(F)cc2)c(C)c1C. The van der Waals surface area contributed by atoms with Crippen LogP contribution in [0.5, 0.6) is 0 Å². The molecule has 0 saturated heterocycles. The van der Waals surface area contributed by atoms with Crippen molar-refractivity contribution in [1.82, 2.24) is 0 Å². The zero-order chi connectivity index (χ0) is 15.0. The van der Waals surface area contributed by atoms with E-state index in [0.29, 0.717) is 0 Å². The van der Waals surface area contributed by atoms with Crippen LogP contribution in [0.3, 0.4) is 0 Å². The minimum absolute atomic E-state index is 0.0982. The molecule has 1 unspecified atom stereocenters. The van der Waals surface area contributed by atoms with Crippen LogP contribution in [0.1, 0.15) is 43.8 Å². The molecule has 2 rings (SSSR count). The van der Waals surface area contributed by atoms with Crippen LogP contribution in [0.15, 0.2) is 24.3 Å². The maximum atomic E-state index is 13.1. The summed E-state index contributed by atoms with van der Waals surface area (Å²) in [6, 6.07) is 6.72. The summed E-state index contributed by atoms with van der Waals surface area (Å²) >= 11 is 3.79. The van der Waals surface area contributed by atoms with Crippen molar-refractivity contribution >= 4 is 15.9 Å². The van der Waals surface area contributed by atoms with Crippen LogP contribution in [-0.2, 0) is 0 Å². The van der Waals surface area contributed by atoms with Gasteiger partial charge in [-0.25, -0.2) is 4.39 Å². The first-order chi connectivity index (χ1) is 9.34. The monoisotopic (exact) mass is 334 g/mol. The summed E-state index contributed by atoms with van der Waals surface area (Å²) in [5, 5.41) is 0. The van der Waals surface area contributed by atoms with Crippen LogP contribution in [0.2, 0.25) is 0 Å². The summed E-state index contributed by atoms with van der Waals surface area (Å²) in [6.07, 6.45) is 0. The molecule has 0 amide bonds. The minimum atomic E-state index is -0.196. The molecule has 1 atom stereocenters. The number of alkyl halides is 1. The summed E-state index contributed by atoms with van der Waals surface area (Å²) in [7, 11) is 0. The van der Waals surface area contributed by atoms with Crippen molar-refractivity contribution in [1.29, 1.82) is 0 Å². The molecule has 0 heterocycles. The Labute approximate surface area is 129 Å². The Bertz CT molecular complexity index is 612. The molecule has 0 bridgehead atoms. The third-order valence-electron chi connectivity index (χ3n) is 4.47. The molecule has 2 aromatic carbocycles. The van der Waals surface area contributed by atoms with Crippen molar-refractivity contribution in [2.24, 2.45) is 0 Å². The van der Waals surface area contributed by atoms with Crippen molar-refractivity contribution in [2.45, 2.75) is 39.4 Å². The molecule has 0 aliphatic carbocycles. The summed E-state index contributed by atoms with van der Waals surface area (Å²) in [4.78, 5) is 0.0982. The Morgan fingerprint density at radius 3 is 1.60 bits per heavy atom. The van der Waals surface area contributed by atoms with Crippen molar-refractivity contribution < 1.29 is 4.39 Å². The number of hydrogen-bond donors (Lipinski definition) is 0. The fraction of sp³-hybridized carbons (Fsp3) is 0.333.